The van der Waals surface area contributed by atoms with Crippen molar-refractivity contribution in [1.29, 1.82) is 0 Å². The van der Waals surface area contributed by atoms with Gasteiger partial charge in [0.25, 0.3) is 0 Å². The number of nitrogens with one attached hydrogen (secondary N) is 1. The topological polar surface area (TPSA) is 34.4 Å². The molecule has 18 heavy (non-hydrogen) atoms. The second-order valence-corrected chi connectivity index (χ2v) is 6.97. The molecule has 2 heterocycles. The number of rotatable bonds is 3. The molecule has 0 aromatic carbocycles. The predicted molar refractivity (Wildman–Crippen MR) is 75.6 cm³/mol. The van der Waals surface area contributed by atoms with E-state index in [1.54, 1.807) is 0 Å². The monoisotopic (exact) mass is 315 g/mol. The zero-order valence-electron chi connectivity index (χ0n) is 11.7. The van der Waals surface area contributed by atoms with Crippen LogP contribution in [0.25, 0.3) is 0 Å². The average Bonchev–Trinajstić information content (AvgIpc) is 2.70. The van der Waals surface area contributed by atoms with E-state index in [1.165, 1.54) is 0 Å². The van der Waals surface area contributed by atoms with Crippen molar-refractivity contribution in [3.8, 4) is 0 Å². The Labute approximate surface area is 117 Å². The van der Waals surface area contributed by atoms with Gasteiger partial charge in [0.1, 0.15) is 5.76 Å². The van der Waals surface area contributed by atoms with Gasteiger partial charge in [0, 0.05) is 5.92 Å². The van der Waals surface area contributed by atoms with Crippen LogP contribution in [0.5, 0.6) is 0 Å². The number of furan rings is 1. The fourth-order valence-corrected chi connectivity index (χ4v) is 3.48. The normalized spacial score (nSPS) is 27.3. The van der Waals surface area contributed by atoms with E-state index in [4.69, 9.17) is 9.15 Å². The lowest BCUT2D eigenvalue weighted by molar-refractivity contribution is -0.0783. The molecule has 1 saturated heterocycles. The number of halogens is 1. The minimum absolute atomic E-state index is 0.0763. The molecule has 0 bridgehead atoms. The average molecular weight is 316 g/mol. The number of hydrogen-bond acceptors (Lipinski definition) is 3. The minimum atomic E-state index is -0.156. The largest absolute Gasteiger partial charge is 0.453 e. The van der Waals surface area contributed by atoms with Crippen LogP contribution in [0.1, 0.15) is 45.9 Å². The van der Waals surface area contributed by atoms with E-state index in [9.17, 15) is 0 Å². The fraction of sp³-hybridized carbons (Fsp3) is 0.714. The van der Waals surface area contributed by atoms with Crippen LogP contribution in [0.4, 0.5) is 0 Å². The highest BCUT2D eigenvalue weighted by Gasteiger charge is 2.49. The summed E-state index contributed by atoms with van der Waals surface area (Å²) in [5.74, 6) is 1.35. The second kappa shape index (κ2) is 4.66. The third-order valence-corrected chi connectivity index (χ3v) is 4.18. The van der Waals surface area contributed by atoms with E-state index in [0.29, 0.717) is 5.92 Å². The molecule has 0 spiro atoms. The lowest BCUT2D eigenvalue weighted by atomic mass is 9.81. The molecule has 1 N–H and O–H groups in total. The van der Waals surface area contributed by atoms with Crippen molar-refractivity contribution in [2.45, 2.75) is 51.4 Å². The molecule has 1 fully saturated rings. The van der Waals surface area contributed by atoms with Crippen LogP contribution >= 0.6 is 15.9 Å². The Morgan fingerprint density at radius 2 is 2.00 bits per heavy atom. The highest BCUT2D eigenvalue weighted by Crippen LogP contribution is 2.47. The summed E-state index contributed by atoms with van der Waals surface area (Å²) in [4.78, 5) is 0. The number of ether oxygens (including phenoxy) is 1. The van der Waals surface area contributed by atoms with Crippen molar-refractivity contribution >= 4 is 15.9 Å². The molecule has 2 rings (SSSR count). The maximum Gasteiger partial charge on any atom is 0.169 e. The van der Waals surface area contributed by atoms with Gasteiger partial charge in [0.15, 0.2) is 4.67 Å². The van der Waals surface area contributed by atoms with E-state index >= 15 is 0 Å². The highest BCUT2D eigenvalue weighted by atomic mass is 79.9. The van der Waals surface area contributed by atoms with E-state index in [1.807, 2.05) is 19.2 Å². The SMILES string of the molecule is CNC(c1ccc(Br)o1)C1CC(C)(C)OC1(C)C. The smallest absolute Gasteiger partial charge is 0.169 e. The zero-order valence-corrected chi connectivity index (χ0v) is 13.3. The molecule has 0 radical (unpaired) electrons. The van der Waals surface area contributed by atoms with Crippen LogP contribution in [0.3, 0.4) is 0 Å². The molecule has 102 valence electrons. The van der Waals surface area contributed by atoms with Crippen LogP contribution in [0.2, 0.25) is 0 Å². The lowest BCUT2D eigenvalue weighted by Gasteiger charge is -2.31. The Bertz CT molecular complexity index is 425. The molecular formula is C14H22BrNO2. The third kappa shape index (κ3) is 2.65. The zero-order chi connectivity index (χ0) is 13.6. The Morgan fingerprint density at radius 3 is 2.39 bits per heavy atom. The van der Waals surface area contributed by atoms with Crippen LogP contribution in [-0.2, 0) is 4.74 Å². The van der Waals surface area contributed by atoms with Gasteiger partial charge in [-0.3, -0.25) is 0 Å². The molecular weight excluding hydrogens is 294 g/mol. The molecule has 3 nitrogen and oxygen atoms in total. The molecule has 0 amide bonds. The van der Waals surface area contributed by atoms with Crippen LogP contribution in [-0.4, -0.2) is 18.2 Å². The van der Waals surface area contributed by atoms with Crippen molar-refractivity contribution in [3.05, 3.63) is 22.6 Å². The Balaban J connectivity index is 2.28. The van der Waals surface area contributed by atoms with Gasteiger partial charge in [-0.2, -0.15) is 0 Å². The molecule has 1 aliphatic heterocycles. The molecule has 4 heteroatoms. The summed E-state index contributed by atoms with van der Waals surface area (Å²) in [5.41, 5.74) is -0.233. The first-order valence-corrected chi connectivity index (χ1v) is 7.17. The van der Waals surface area contributed by atoms with Crippen molar-refractivity contribution in [3.63, 3.8) is 0 Å². The Kier molecular flexibility index (Phi) is 3.65. The summed E-state index contributed by atoms with van der Waals surface area (Å²) in [6, 6.07) is 4.13. The van der Waals surface area contributed by atoms with E-state index in [0.717, 1.165) is 16.9 Å². The van der Waals surface area contributed by atoms with Crippen molar-refractivity contribution in [1.82, 2.24) is 5.32 Å². The van der Waals surface area contributed by atoms with Gasteiger partial charge in [0.2, 0.25) is 0 Å². The molecule has 2 atom stereocenters. The molecule has 2 unspecified atom stereocenters. The first-order valence-electron chi connectivity index (χ1n) is 6.38. The molecule has 1 aliphatic rings. The quantitative estimate of drug-likeness (QED) is 0.918. The summed E-state index contributed by atoms with van der Waals surface area (Å²) in [7, 11) is 1.97. The third-order valence-electron chi connectivity index (χ3n) is 3.76. The van der Waals surface area contributed by atoms with Crippen LogP contribution < -0.4 is 5.32 Å². The first kappa shape index (κ1) is 14.1. The Hall–Kier alpha value is -0.320. The Morgan fingerprint density at radius 1 is 1.33 bits per heavy atom. The van der Waals surface area contributed by atoms with Gasteiger partial charge >= 0.3 is 0 Å². The summed E-state index contributed by atoms with van der Waals surface area (Å²) in [6.45, 7) is 8.63. The molecule has 1 aromatic rings. The van der Waals surface area contributed by atoms with Crippen LogP contribution in [0, 0.1) is 5.92 Å². The van der Waals surface area contributed by atoms with Gasteiger partial charge in [-0.25, -0.2) is 0 Å². The van der Waals surface area contributed by atoms with Gasteiger partial charge < -0.3 is 14.5 Å². The maximum atomic E-state index is 6.17. The fourth-order valence-electron chi connectivity index (χ4n) is 3.16. The summed E-state index contributed by atoms with van der Waals surface area (Å²) < 4.78 is 12.6. The van der Waals surface area contributed by atoms with E-state index in [2.05, 4.69) is 48.9 Å². The lowest BCUT2D eigenvalue weighted by Crippen LogP contribution is -2.37. The second-order valence-electron chi connectivity index (χ2n) is 6.18. The summed E-state index contributed by atoms with van der Waals surface area (Å²) >= 11 is 3.36. The summed E-state index contributed by atoms with van der Waals surface area (Å²) in [5, 5.41) is 3.37. The first-order chi connectivity index (χ1) is 8.25. The van der Waals surface area contributed by atoms with Gasteiger partial charge in [-0.15, -0.1) is 0 Å². The van der Waals surface area contributed by atoms with Crippen molar-refractivity contribution in [2.75, 3.05) is 7.05 Å². The van der Waals surface area contributed by atoms with Gasteiger partial charge in [-0.1, -0.05) is 0 Å². The predicted octanol–water partition coefficient (Wildman–Crippen LogP) is 3.90. The van der Waals surface area contributed by atoms with E-state index < -0.39 is 0 Å². The minimum Gasteiger partial charge on any atom is -0.453 e. The molecule has 0 aliphatic carbocycles. The van der Waals surface area contributed by atoms with Gasteiger partial charge in [0.05, 0.1) is 17.2 Å². The number of hydrogen-bond donors (Lipinski definition) is 1. The molecule has 0 saturated carbocycles. The maximum absolute atomic E-state index is 6.17. The standard InChI is InChI=1S/C14H22BrNO2/c1-13(2)8-9(14(3,4)18-13)12(16-5)10-6-7-11(15)17-10/h6-7,9,12,16H,8H2,1-5H3. The van der Waals surface area contributed by atoms with Gasteiger partial charge in [-0.05, 0) is 69.2 Å². The van der Waals surface area contributed by atoms with E-state index in [-0.39, 0.29) is 17.2 Å². The van der Waals surface area contributed by atoms with Crippen molar-refractivity contribution < 1.29 is 9.15 Å². The van der Waals surface area contributed by atoms with Crippen molar-refractivity contribution in [2.24, 2.45) is 5.92 Å². The van der Waals surface area contributed by atoms with Crippen LogP contribution in [0.15, 0.2) is 21.2 Å². The highest BCUT2D eigenvalue weighted by molar-refractivity contribution is 9.10. The molecule has 1 aromatic heterocycles. The summed E-state index contributed by atoms with van der Waals surface area (Å²) in [6.07, 6.45) is 1.02.